The lowest BCUT2D eigenvalue weighted by molar-refractivity contribution is 0.159. The van der Waals surface area contributed by atoms with Gasteiger partial charge in [0.15, 0.2) is 11.8 Å². The average molecular weight is 398 g/mol. The molecule has 1 aromatic heterocycles. The van der Waals surface area contributed by atoms with Crippen molar-refractivity contribution >= 4 is 5.96 Å². The Bertz CT molecular complexity index is 769. The lowest BCUT2D eigenvalue weighted by Crippen LogP contribution is -2.41. The standard InChI is InChI=1S/C22H35N7/c1-18-10-7-8-14-29(18)15-9-13-23-22(24-16-20-11-5-4-6-12-20)25-17-21-27-26-19(2)28(21)3/h4-6,11-12,18H,7-10,13-17H2,1-3H3,(H2,23,24,25). The van der Waals surface area contributed by atoms with Crippen molar-refractivity contribution in [3.8, 4) is 0 Å². The van der Waals surface area contributed by atoms with Crippen molar-refractivity contribution < 1.29 is 0 Å². The number of rotatable bonds is 8. The van der Waals surface area contributed by atoms with Crippen LogP contribution >= 0.6 is 0 Å². The van der Waals surface area contributed by atoms with Crippen molar-refractivity contribution in [3.05, 3.63) is 47.5 Å². The fourth-order valence-corrected chi connectivity index (χ4v) is 3.67. The average Bonchev–Trinajstić information content (AvgIpc) is 3.06. The smallest absolute Gasteiger partial charge is 0.191 e. The van der Waals surface area contributed by atoms with Crippen LogP contribution in [-0.2, 0) is 20.1 Å². The molecule has 1 aliphatic heterocycles. The van der Waals surface area contributed by atoms with Gasteiger partial charge in [-0.15, -0.1) is 10.2 Å². The number of likely N-dealkylation sites (tertiary alicyclic amines) is 1. The minimum atomic E-state index is 0.598. The van der Waals surface area contributed by atoms with Crippen LogP contribution in [0.1, 0.15) is 49.8 Å². The molecule has 0 aliphatic carbocycles. The van der Waals surface area contributed by atoms with E-state index in [-0.39, 0.29) is 0 Å². The van der Waals surface area contributed by atoms with Gasteiger partial charge in [-0.1, -0.05) is 36.8 Å². The summed E-state index contributed by atoms with van der Waals surface area (Å²) < 4.78 is 2.00. The number of piperidine rings is 1. The van der Waals surface area contributed by atoms with Gasteiger partial charge in [-0.25, -0.2) is 4.99 Å². The zero-order chi connectivity index (χ0) is 20.5. The van der Waals surface area contributed by atoms with E-state index in [1.807, 2.05) is 36.7 Å². The van der Waals surface area contributed by atoms with E-state index in [9.17, 15) is 0 Å². The van der Waals surface area contributed by atoms with Crippen LogP contribution in [0.25, 0.3) is 0 Å². The molecule has 1 aliphatic rings. The molecule has 2 aromatic rings. The zero-order valence-electron chi connectivity index (χ0n) is 18.1. The van der Waals surface area contributed by atoms with Crippen LogP contribution < -0.4 is 10.6 Å². The number of guanidine groups is 1. The van der Waals surface area contributed by atoms with Crippen LogP contribution in [0.2, 0.25) is 0 Å². The topological polar surface area (TPSA) is 70.4 Å². The molecular weight excluding hydrogens is 362 g/mol. The van der Waals surface area contributed by atoms with Crippen molar-refractivity contribution in [2.45, 2.75) is 58.7 Å². The van der Waals surface area contributed by atoms with Gasteiger partial charge in [0.2, 0.25) is 0 Å². The Morgan fingerprint density at radius 2 is 2.00 bits per heavy atom. The van der Waals surface area contributed by atoms with Crippen LogP contribution in [0.15, 0.2) is 35.3 Å². The molecule has 1 fully saturated rings. The number of nitrogens with one attached hydrogen (secondary N) is 2. The van der Waals surface area contributed by atoms with Gasteiger partial charge in [0.1, 0.15) is 5.82 Å². The third kappa shape index (κ3) is 6.56. The van der Waals surface area contributed by atoms with E-state index in [0.29, 0.717) is 19.1 Å². The van der Waals surface area contributed by atoms with E-state index in [4.69, 9.17) is 4.99 Å². The minimum absolute atomic E-state index is 0.598. The second-order valence-electron chi connectivity index (χ2n) is 7.89. The molecule has 0 radical (unpaired) electrons. The molecule has 29 heavy (non-hydrogen) atoms. The van der Waals surface area contributed by atoms with Crippen molar-refractivity contribution in [1.82, 2.24) is 30.3 Å². The summed E-state index contributed by atoms with van der Waals surface area (Å²) in [5.74, 6) is 2.63. The van der Waals surface area contributed by atoms with E-state index in [2.05, 4.69) is 44.8 Å². The second kappa shape index (κ2) is 11.0. The van der Waals surface area contributed by atoms with Gasteiger partial charge in [-0.3, -0.25) is 0 Å². The van der Waals surface area contributed by atoms with Crippen molar-refractivity contribution in [2.75, 3.05) is 19.6 Å². The molecule has 7 nitrogen and oxygen atoms in total. The van der Waals surface area contributed by atoms with Crippen molar-refractivity contribution in [2.24, 2.45) is 12.0 Å². The predicted octanol–water partition coefficient (Wildman–Crippen LogP) is 2.62. The number of benzene rings is 1. The summed E-state index contributed by atoms with van der Waals surface area (Å²) in [6.45, 7) is 8.84. The maximum Gasteiger partial charge on any atom is 0.191 e. The molecule has 1 atom stereocenters. The molecule has 2 heterocycles. The van der Waals surface area contributed by atoms with Gasteiger partial charge in [0, 0.05) is 26.2 Å². The Labute approximate surface area is 174 Å². The molecule has 1 unspecified atom stereocenters. The second-order valence-corrected chi connectivity index (χ2v) is 7.89. The first kappa shape index (κ1) is 21.3. The predicted molar refractivity (Wildman–Crippen MR) is 118 cm³/mol. The largest absolute Gasteiger partial charge is 0.356 e. The lowest BCUT2D eigenvalue weighted by Gasteiger charge is -2.33. The third-order valence-electron chi connectivity index (χ3n) is 5.71. The van der Waals surface area contributed by atoms with Gasteiger partial charge >= 0.3 is 0 Å². The fourth-order valence-electron chi connectivity index (χ4n) is 3.67. The first-order valence-electron chi connectivity index (χ1n) is 10.8. The van der Waals surface area contributed by atoms with Crippen molar-refractivity contribution in [3.63, 3.8) is 0 Å². The fraction of sp³-hybridized carbons (Fsp3) is 0.591. The molecule has 1 saturated heterocycles. The Balaban J connectivity index is 1.52. The van der Waals surface area contributed by atoms with Gasteiger partial charge in [-0.2, -0.15) is 0 Å². The molecule has 7 heteroatoms. The van der Waals surface area contributed by atoms with Gasteiger partial charge in [0.25, 0.3) is 0 Å². The van der Waals surface area contributed by atoms with Crippen LogP contribution in [0.4, 0.5) is 0 Å². The lowest BCUT2D eigenvalue weighted by atomic mass is 10.0. The summed E-state index contributed by atoms with van der Waals surface area (Å²) in [4.78, 5) is 7.38. The quantitative estimate of drug-likeness (QED) is 0.407. The first-order chi connectivity index (χ1) is 14.1. The molecule has 0 saturated carbocycles. The number of aromatic nitrogens is 3. The Hall–Kier alpha value is -2.41. The number of hydrogen-bond acceptors (Lipinski definition) is 4. The summed E-state index contributed by atoms with van der Waals surface area (Å²) in [6, 6.07) is 11.0. The number of hydrogen-bond donors (Lipinski definition) is 2. The summed E-state index contributed by atoms with van der Waals surface area (Å²) in [5, 5.41) is 15.3. The monoisotopic (exact) mass is 397 g/mol. The Kier molecular flexibility index (Phi) is 8.04. The maximum absolute atomic E-state index is 4.77. The SMILES string of the molecule is Cc1nnc(CNC(=NCc2ccccc2)NCCCN2CCCCC2C)n1C. The van der Waals surface area contributed by atoms with Crippen LogP contribution in [0.3, 0.4) is 0 Å². The molecular formula is C22H35N7. The Morgan fingerprint density at radius 3 is 2.72 bits per heavy atom. The van der Waals surface area contributed by atoms with E-state index < -0.39 is 0 Å². The highest BCUT2D eigenvalue weighted by Crippen LogP contribution is 2.16. The van der Waals surface area contributed by atoms with Gasteiger partial charge in [0.05, 0.1) is 13.1 Å². The third-order valence-corrected chi connectivity index (χ3v) is 5.71. The number of aryl methyl sites for hydroxylation is 1. The highest BCUT2D eigenvalue weighted by atomic mass is 15.3. The van der Waals surface area contributed by atoms with Gasteiger partial charge in [-0.05, 0) is 45.2 Å². The minimum Gasteiger partial charge on any atom is -0.356 e. The van der Waals surface area contributed by atoms with Crippen molar-refractivity contribution in [1.29, 1.82) is 0 Å². The summed E-state index contributed by atoms with van der Waals surface area (Å²) in [5.41, 5.74) is 1.20. The highest BCUT2D eigenvalue weighted by molar-refractivity contribution is 5.79. The molecule has 0 bridgehead atoms. The normalized spacial score (nSPS) is 18.0. The number of aliphatic imine (C=N–C) groups is 1. The highest BCUT2D eigenvalue weighted by Gasteiger charge is 2.17. The van der Waals surface area contributed by atoms with E-state index >= 15 is 0 Å². The molecule has 1 aromatic carbocycles. The van der Waals surface area contributed by atoms with Crippen LogP contribution in [-0.4, -0.2) is 51.3 Å². The molecule has 158 valence electrons. The molecule has 3 rings (SSSR count). The van der Waals surface area contributed by atoms with Crippen LogP contribution in [0.5, 0.6) is 0 Å². The van der Waals surface area contributed by atoms with E-state index in [1.165, 1.54) is 31.4 Å². The molecule has 2 N–H and O–H groups in total. The van der Waals surface area contributed by atoms with Gasteiger partial charge < -0.3 is 20.1 Å². The Morgan fingerprint density at radius 1 is 1.17 bits per heavy atom. The molecule has 0 spiro atoms. The summed E-state index contributed by atoms with van der Waals surface area (Å²) in [6.07, 6.45) is 5.15. The number of nitrogens with zero attached hydrogens (tertiary/aromatic N) is 5. The zero-order valence-corrected chi connectivity index (χ0v) is 18.1. The van der Waals surface area contributed by atoms with Crippen LogP contribution in [0, 0.1) is 6.92 Å². The molecule has 0 amide bonds. The summed E-state index contributed by atoms with van der Waals surface area (Å²) in [7, 11) is 1.99. The van der Waals surface area contributed by atoms with E-state index in [1.54, 1.807) is 0 Å². The summed E-state index contributed by atoms with van der Waals surface area (Å²) >= 11 is 0. The maximum atomic E-state index is 4.77. The first-order valence-corrected chi connectivity index (χ1v) is 10.8. The van der Waals surface area contributed by atoms with E-state index in [0.717, 1.165) is 37.1 Å².